The molecular weight excluding hydrogens is 1570 g/mol. The van der Waals surface area contributed by atoms with Crippen molar-refractivity contribution >= 4 is 219 Å². The molecule has 4 aliphatic rings. The Hall–Kier alpha value is -14.6. The van der Waals surface area contributed by atoms with Crippen molar-refractivity contribution in [2.45, 2.75) is 39.2 Å². The third kappa shape index (κ3) is 11.7. The van der Waals surface area contributed by atoms with E-state index in [-0.39, 0.29) is 0 Å². The predicted molar refractivity (Wildman–Crippen MR) is 519 cm³/mol. The Balaban J connectivity index is 0.000000138. The van der Waals surface area contributed by atoms with Crippen LogP contribution >= 0.6 is 47.0 Å². The molecule has 0 spiro atoms. The first-order valence-corrected chi connectivity index (χ1v) is 44.7. The highest BCUT2D eigenvalue weighted by Gasteiger charge is 2.35. The average Bonchev–Trinajstić information content (AvgIpc) is 1.63. The molecule has 22 aromatic rings. The number of anilines is 15. The minimum Gasteiger partial charge on any atom is -0.311 e. The number of hydrogen-bond donors (Lipinski definition) is 0. The van der Waals surface area contributed by atoms with Crippen LogP contribution in [0.5, 0.6) is 0 Å². The van der Waals surface area contributed by atoms with Gasteiger partial charge >= 0.3 is 0 Å². The van der Waals surface area contributed by atoms with Gasteiger partial charge in [0.2, 0.25) is 0 Å². The van der Waals surface area contributed by atoms with Crippen LogP contribution in [0, 0.1) is 0 Å². The minimum atomic E-state index is 1.05. The van der Waals surface area contributed by atoms with Crippen molar-refractivity contribution in [2.24, 2.45) is 0 Å². The largest absolute Gasteiger partial charge is 0.311 e. The highest BCUT2D eigenvalue weighted by molar-refractivity contribution is 8.00. The van der Waals surface area contributed by atoms with Crippen molar-refractivity contribution in [3.05, 3.63) is 425 Å². The highest BCUT2D eigenvalue weighted by atomic mass is 32.2. The second-order valence-corrected chi connectivity index (χ2v) is 35.7. The summed E-state index contributed by atoms with van der Waals surface area (Å²) in [6, 6.07) is 151. The van der Waals surface area contributed by atoms with Crippen LogP contribution in [0.25, 0.3) is 98.1 Å². The molecule has 3 aromatic heterocycles. The van der Waals surface area contributed by atoms with Crippen LogP contribution in [0.1, 0.15) is 0 Å². The first-order chi connectivity index (χ1) is 61.0. The zero-order valence-corrected chi connectivity index (χ0v) is 69.4. The van der Waals surface area contributed by atoms with Gasteiger partial charge in [-0.15, -0.1) is 0 Å². The van der Waals surface area contributed by atoms with Crippen LogP contribution in [0.2, 0.25) is 0 Å². The number of nitrogens with zero attached hydrogens (tertiary/aromatic N) is 8. The topological polar surface area (TPSA) is 39.0 Å². The summed E-state index contributed by atoms with van der Waals surface area (Å²) in [6.07, 6.45) is 3.80. The molecule has 0 bridgehead atoms. The first kappa shape index (κ1) is 71.3. The summed E-state index contributed by atoms with van der Waals surface area (Å²) in [6.45, 7) is 0. The van der Waals surface area contributed by atoms with E-state index in [9.17, 15) is 0 Å². The van der Waals surface area contributed by atoms with E-state index in [2.05, 4.69) is 445 Å². The second-order valence-electron chi connectivity index (χ2n) is 31.4. The Labute approximate surface area is 727 Å². The zero-order valence-electron chi connectivity index (χ0n) is 66.1. The van der Waals surface area contributed by atoms with Crippen LogP contribution < -0.4 is 24.5 Å². The predicted octanol–water partition coefficient (Wildman–Crippen LogP) is 32.8. The lowest BCUT2D eigenvalue weighted by atomic mass is 9.95. The Morgan fingerprint density at radius 3 is 0.935 bits per heavy atom. The number of hydrogen-bond acceptors (Lipinski definition) is 10. The smallest absolute Gasteiger partial charge is 0.0645 e. The van der Waals surface area contributed by atoms with Gasteiger partial charge in [-0.3, -0.25) is 4.98 Å². The molecule has 0 fully saturated rings. The number of aromatic nitrogens is 3. The lowest BCUT2D eigenvalue weighted by Gasteiger charge is -2.37. The van der Waals surface area contributed by atoms with E-state index >= 15 is 0 Å². The molecular formula is C111H70N8S4. The molecule has 0 amide bonds. The molecule has 4 aliphatic heterocycles. The fraction of sp³-hybridized carbons (Fsp3) is 0. The molecule has 0 unspecified atom stereocenters. The maximum atomic E-state index is 4.54. The molecule has 7 heterocycles. The number of pyridine rings is 1. The lowest BCUT2D eigenvalue weighted by Crippen LogP contribution is -2.18. The molecule has 578 valence electrons. The van der Waals surface area contributed by atoms with Gasteiger partial charge in [0.05, 0.1) is 90.8 Å². The second kappa shape index (κ2) is 29.1. The standard InChI is InChI=1S/C62H40N4S2.C49H30N4S2/c1-3-15-45(16-4-1)63(46-17-5-2-6-18-46)47-31-33-48(34-32-47)64-53-20-8-7-19-51(53)52-39-62-58(40-57(52)64)66(56-23-11-14-26-61(56)68-62)50-30-28-42-35-43-37-49(29-27-41(43)36-44(42)38-50)65-54-21-9-12-24-59(54)67-60-25-13-10-22-55(60)65;1-3-18-35-33(16-1)48(52-39-21-7-10-24-44(39)54-45-25-11-8-22-40(45)52)34-17-2-4-19-36(34)49(35)53-41-23-9-12-26-46(41)55-47-28-37-32-15-5-6-20-38(32)51(42(37)29-43(47)53)31-14-13-27-50-30-31/h1-40H;1-30H. The molecule has 0 atom stereocenters. The van der Waals surface area contributed by atoms with E-state index < -0.39 is 0 Å². The van der Waals surface area contributed by atoms with Crippen LogP contribution in [0.3, 0.4) is 0 Å². The van der Waals surface area contributed by atoms with Crippen molar-refractivity contribution in [1.29, 1.82) is 0 Å². The molecule has 19 aromatic carbocycles. The van der Waals surface area contributed by atoms with Gasteiger partial charge in [-0.05, 0) is 228 Å². The summed E-state index contributed by atoms with van der Waals surface area (Å²) in [4.78, 5) is 26.7. The fourth-order valence-corrected chi connectivity index (χ4v) is 23.4. The van der Waals surface area contributed by atoms with E-state index in [4.69, 9.17) is 0 Å². The van der Waals surface area contributed by atoms with Crippen LogP contribution in [0.4, 0.5) is 85.3 Å². The van der Waals surface area contributed by atoms with Gasteiger partial charge in [0.15, 0.2) is 0 Å². The summed E-state index contributed by atoms with van der Waals surface area (Å²) in [5, 5.41) is 14.6. The van der Waals surface area contributed by atoms with Crippen LogP contribution in [-0.4, -0.2) is 14.1 Å². The van der Waals surface area contributed by atoms with Gasteiger partial charge in [-0.1, -0.05) is 253 Å². The summed E-state index contributed by atoms with van der Waals surface area (Å²) < 4.78 is 4.80. The van der Waals surface area contributed by atoms with Gasteiger partial charge < -0.3 is 33.6 Å². The SMILES string of the molecule is c1ccc(N(c2ccccc2)c2ccc(-n3c4ccccc4c4cc5c(cc43)N(c3ccc4cc6cc(N7c8ccccc8Sc8ccccc87)ccc6cc4c3)c3ccccc3S5)cc2)cc1.c1cncc(-n2c3ccccc3c3cc4c(cc32)N(c2c3ccccc3c(N3c5ccccc5Sc5ccccc53)c3ccccc23)c2ccccc2S4)c1. The highest BCUT2D eigenvalue weighted by Crippen LogP contribution is 2.62. The Kier molecular flexibility index (Phi) is 16.9. The maximum Gasteiger partial charge on any atom is 0.0645 e. The molecule has 0 aliphatic carbocycles. The summed E-state index contributed by atoms with van der Waals surface area (Å²) >= 11 is 7.40. The van der Waals surface area contributed by atoms with Gasteiger partial charge in [-0.25, -0.2) is 0 Å². The first-order valence-electron chi connectivity index (χ1n) is 41.4. The number of rotatable bonds is 9. The molecule has 0 saturated heterocycles. The van der Waals surface area contributed by atoms with Crippen LogP contribution in [0.15, 0.2) is 464 Å². The zero-order chi connectivity index (χ0) is 80.7. The third-order valence-electron chi connectivity index (χ3n) is 24.4. The average molecular weight is 1640 g/mol. The number of para-hydroxylation sites is 10. The monoisotopic (exact) mass is 1640 g/mol. The van der Waals surface area contributed by atoms with E-state index in [0.717, 1.165) is 51.0 Å². The molecule has 8 nitrogen and oxygen atoms in total. The number of fused-ring (bicyclic) bond motifs is 18. The number of benzene rings is 19. The Morgan fingerprint density at radius 2 is 0.520 bits per heavy atom. The van der Waals surface area contributed by atoms with Crippen molar-refractivity contribution in [1.82, 2.24) is 14.1 Å². The summed E-state index contributed by atoms with van der Waals surface area (Å²) in [5.74, 6) is 0. The normalized spacial score (nSPS) is 13.0. The minimum absolute atomic E-state index is 1.05. The van der Waals surface area contributed by atoms with Crippen LogP contribution in [-0.2, 0) is 0 Å². The molecule has 26 rings (SSSR count). The fourth-order valence-electron chi connectivity index (χ4n) is 19.1. The van der Waals surface area contributed by atoms with Crippen molar-refractivity contribution in [3.63, 3.8) is 0 Å². The van der Waals surface area contributed by atoms with E-state index in [1.165, 1.54) is 172 Å². The summed E-state index contributed by atoms with van der Waals surface area (Å²) in [7, 11) is 0. The van der Waals surface area contributed by atoms with Gasteiger partial charge in [0.25, 0.3) is 0 Å². The molecule has 12 heteroatoms. The van der Waals surface area contributed by atoms with Crippen molar-refractivity contribution in [2.75, 3.05) is 24.5 Å². The third-order valence-corrected chi connectivity index (χ3v) is 28.9. The van der Waals surface area contributed by atoms with Gasteiger partial charge in [-0.2, -0.15) is 0 Å². The molecule has 0 radical (unpaired) electrons. The molecule has 0 saturated carbocycles. The quantitative estimate of drug-likeness (QED) is 0.131. The van der Waals surface area contributed by atoms with Crippen molar-refractivity contribution < 1.29 is 0 Å². The van der Waals surface area contributed by atoms with Crippen molar-refractivity contribution in [3.8, 4) is 11.4 Å². The summed E-state index contributed by atoms with van der Waals surface area (Å²) in [5.41, 5.74) is 24.4. The molecule has 0 N–H and O–H groups in total. The van der Waals surface area contributed by atoms with E-state index in [1.807, 2.05) is 65.5 Å². The van der Waals surface area contributed by atoms with E-state index in [0.29, 0.717) is 0 Å². The Morgan fingerprint density at radius 1 is 0.195 bits per heavy atom. The van der Waals surface area contributed by atoms with Gasteiger partial charge in [0, 0.05) is 123 Å². The molecule has 123 heavy (non-hydrogen) atoms. The Bertz CT molecular complexity index is 7880. The lowest BCUT2D eigenvalue weighted by molar-refractivity contribution is 1.13. The van der Waals surface area contributed by atoms with Gasteiger partial charge in [0.1, 0.15) is 0 Å². The van der Waals surface area contributed by atoms with E-state index in [1.54, 1.807) is 0 Å². The maximum absolute atomic E-state index is 4.54.